The van der Waals surface area contributed by atoms with Crippen LogP contribution in [0.5, 0.6) is 5.75 Å². The highest BCUT2D eigenvalue weighted by molar-refractivity contribution is 6.52. The van der Waals surface area contributed by atoms with Gasteiger partial charge in [-0.05, 0) is 61.9 Å². The van der Waals surface area contributed by atoms with Gasteiger partial charge in [0.05, 0.1) is 28.8 Å². The van der Waals surface area contributed by atoms with Gasteiger partial charge in [-0.1, -0.05) is 41.4 Å². The number of nitrogens with zero attached hydrogens (tertiary/aromatic N) is 1. The van der Waals surface area contributed by atoms with Crippen LogP contribution in [0.4, 0.5) is 18.9 Å². The first-order chi connectivity index (χ1) is 17.0. The molecule has 1 N–H and O–H groups in total. The van der Waals surface area contributed by atoms with Gasteiger partial charge in [-0.25, -0.2) is 0 Å². The molecule has 3 aromatic carbocycles. The van der Waals surface area contributed by atoms with E-state index in [2.05, 4.69) is 0 Å². The molecule has 0 aliphatic carbocycles. The number of aliphatic hydroxyl groups is 1. The number of alkyl halides is 3. The SMILES string of the molecule is CCOc1ccc(Cl)c(/C(O)=C2\C(=O)C(=O)N(c3ccc(C(F)(F)F)cc3)C2c2cccc(C)c2)c1. The van der Waals surface area contributed by atoms with Gasteiger partial charge in [-0.3, -0.25) is 14.5 Å². The molecule has 1 aliphatic heterocycles. The van der Waals surface area contributed by atoms with Crippen LogP contribution in [0.2, 0.25) is 5.02 Å². The quantitative estimate of drug-likeness (QED) is 0.233. The third kappa shape index (κ3) is 4.68. The number of ketones is 1. The molecule has 0 aromatic heterocycles. The van der Waals surface area contributed by atoms with Crippen molar-refractivity contribution < 1.29 is 32.6 Å². The molecule has 1 heterocycles. The van der Waals surface area contributed by atoms with Gasteiger partial charge in [-0.2, -0.15) is 13.2 Å². The van der Waals surface area contributed by atoms with Crippen molar-refractivity contribution in [2.45, 2.75) is 26.1 Å². The number of ether oxygens (including phenoxy) is 1. The molecule has 9 heteroatoms. The summed E-state index contributed by atoms with van der Waals surface area (Å²) in [6.45, 7) is 3.95. The van der Waals surface area contributed by atoms with Crippen LogP contribution in [-0.4, -0.2) is 23.4 Å². The van der Waals surface area contributed by atoms with E-state index in [0.717, 1.165) is 34.7 Å². The van der Waals surface area contributed by atoms with Crippen molar-refractivity contribution >= 4 is 34.7 Å². The second-order valence-corrected chi connectivity index (χ2v) is 8.61. The fourth-order valence-electron chi connectivity index (χ4n) is 4.15. The molecule has 4 rings (SSSR count). The first-order valence-electron chi connectivity index (χ1n) is 11.0. The summed E-state index contributed by atoms with van der Waals surface area (Å²) >= 11 is 6.32. The fourth-order valence-corrected chi connectivity index (χ4v) is 4.36. The Bertz CT molecular complexity index is 1370. The van der Waals surface area contributed by atoms with Crippen molar-refractivity contribution in [1.29, 1.82) is 0 Å². The summed E-state index contributed by atoms with van der Waals surface area (Å²) in [4.78, 5) is 27.6. The van der Waals surface area contributed by atoms with Crippen LogP contribution in [0.15, 0.2) is 72.3 Å². The molecule has 5 nitrogen and oxygen atoms in total. The summed E-state index contributed by atoms with van der Waals surface area (Å²) in [7, 11) is 0. The van der Waals surface area contributed by atoms with E-state index in [1.807, 2.05) is 13.0 Å². The Labute approximate surface area is 210 Å². The van der Waals surface area contributed by atoms with Crippen LogP contribution in [0.1, 0.15) is 35.2 Å². The zero-order chi connectivity index (χ0) is 26.2. The van der Waals surface area contributed by atoms with E-state index in [0.29, 0.717) is 17.9 Å². The number of hydrogen-bond acceptors (Lipinski definition) is 4. The maximum absolute atomic E-state index is 13.3. The fraction of sp³-hybridized carbons (Fsp3) is 0.185. The summed E-state index contributed by atoms with van der Waals surface area (Å²) in [5, 5.41) is 11.4. The molecule has 0 bridgehead atoms. The minimum Gasteiger partial charge on any atom is -0.507 e. The number of carbonyl (C=O) groups excluding carboxylic acids is 2. The van der Waals surface area contributed by atoms with Gasteiger partial charge in [0, 0.05) is 11.3 Å². The molecule has 0 radical (unpaired) electrons. The van der Waals surface area contributed by atoms with Crippen molar-refractivity contribution in [3.8, 4) is 5.75 Å². The van der Waals surface area contributed by atoms with Gasteiger partial charge in [0.15, 0.2) is 0 Å². The van der Waals surface area contributed by atoms with Gasteiger partial charge >= 0.3 is 6.18 Å². The van der Waals surface area contributed by atoms with Gasteiger partial charge in [0.1, 0.15) is 11.5 Å². The van der Waals surface area contributed by atoms with Crippen LogP contribution < -0.4 is 9.64 Å². The van der Waals surface area contributed by atoms with Crippen molar-refractivity contribution in [3.05, 3.63) is 99.6 Å². The molecule has 1 fully saturated rings. The lowest BCUT2D eigenvalue weighted by atomic mass is 9.94. The number of aryl methyl sites for hydroxylation is 1. The molecule has 186 valence electrons. The number of amides is 1. The number of hydrogen-bond donors (Lipinski definition) is 1. The Morgan fingerprint density at radius 2 is 1.75 bits per heavy atom. The van der Waals surface area contributed by atoms with Crippen molar-refractivity contribution in [2.75, 3.05) is 11.5 Å². The molecule has 1 unspecified atom stereocenters. The molecule has 1 saturated heterocycles. The zero-order valence-corrected chi connectivity index (χ0v) is 20.0. The maximum Gasteiger partial charge on any atom is 0.416 e. The molecule has 0 saturated carbocycles. The lowest BCUT2D eigenvalue weighted by Gasteiger charge is -2.26. The number of Topliss-reactive ketones (excluding diaryl/α,β-unsaturated/α-hetero) is 1. The Kier molecular flexibility index (Phi) is 6.82. The average Bonchev–Trinajstić information content (AvgIpc) is 3.10. The van der Waals surface area contributed by atoms with Gasteiger partial charge in [0.2, 0.25) is 0 Å². The number of carbonyl (C=O) groups is 2. The van der Waals surface area contributed by atoms with Crippen molar-refractivity contribution in [3.63, 3.8) is 0 Å². The van der Waals surface area contributed by atoms with Gasteiger partial charge in [0.25, 0.3) is 11.7 Å². The van der Waals surface area contributed by atoms with Crippen LogP contribution in [-0.2, 0) is 15.8 Å². The second kappa shape index (κ2) is 9.70. The zero-order valence-electron chi connectivity index (χ0n) is 19.3. The molecule has 3 aromatic rings. The van der Waals surface area contributed by atoms with E-state index in [-0.39, 0.29) is 21.8 Å². The van der Waals surface area contributed by atoms with Crippen molar-refractivity contribution in [1.82, 2.24) is 0 Å². The van der Waals surface area contributed by atoms with E-state index in [1.54, 1.807) is 31.2 Å². The Hall–Kier alpha value is -3.78. The van der Waals surface area contributed by atoms with Gasteiger partial charge < -0.3 is 9.84 Å². The molecule has 0 spiro atoms. The first-order valence-corrected chi connectivity index (χ1v) is 11.4. The minimum absolute atomic E-state index is 0.0739. The molecule has 1 atom stereocenters. The molecule has 36 heavy (non-hydrogen) atoms. The normalized spacial score (nSPS) is 17.5. The molecule has 1 amide bonds. The highest BCUT2D eigenvalue weighted by Gasteiger charge is 2.47. The summed E-state index contributed by atoms with van der Waals surface area (Å²) in [6.07, 6.45) is -4.56. The summed E-state index contributed by atoms with van der Waals surface area (Å²) < 4.78 is 44.8. The van der Waals surface area contributed by atoms with Crippen molar-refractivity contribution in [2.24, 2.45) is 0 Å². The monoisotopic (exact) mass is 515 g/mol. The summed E-state index contributed by atoms with van der Waals surface area (Å²) in [6, 6.07) is 14.3. The molecule has 1 aliphatic rings. The van der Waals surface area contributed by atoms with Gasteiger partial charge in [-0.15, -0.1) is 0 Å². The predicted molar refractivity (Wildman–Crippen MR) is 130 cm³/mol. The van der Waals surface area contributed by atoms with Crippen LogP contribution >= 0.6 is 11.6 Å². The number of anilines is 1. The Morgan fingerprint density at radius 3 is 2.36 bits per heavy atom. The lowest BCUT2D eigenvalue weighted by Crippen LogP contribution is -2.29. The first kappa shape index (κ1) is 25.3. The number of rotatable bonds is 5. The van der Waals surface area contributed by atoms with Crippen LogP contribution in [0.25, 0.3) is 5.76 Å². The van der Waals surface area contributed by atoms with Crippen LogP contribution in [0, 0.1) is 6.92 Å². The standard InChI is InChI=1S/C27H21ClF3NO4/c1-3-36-19-11-12-21(28)20(14-19)24(33)22-23(16-6-4-5-15(2)13-16)32(26(35)25(22)34)18-9-7-17(8-10-18)27(29,30)31/h4-14,23,33H,3H2,1-2H3/b24-22+. The Morgan fingerprint density at radius 1 is 1.06 bits per heavy atom. The number of aliphatic hydroxyl groups excluding tert-OH is 1. The average molecular weight is 516 g/mol. The number of halogens is 4. The third-order valence-corrected chi connectivity index (χ3v) is 6.11. The van der Waals surface area contributed by atoms with E-state index in [9.17, 15) is 27.9 Å². The third-order valence-electron chi connectivity index (χ3n) is 5.78. The maximum atomic E-state index is 13.3. The smallest absolute Gasteiger partial charge is 0.416 e. The van der Waals surface area contributed by atoms with E-state index >= 15 is 0 Å². The van der Waals surface area contributed by atoms with E-state index in [1.165, 1.54) is 12.1 Å². The highest BCUT2D eigenvalue weighted by atomic mass is 35.5. The van der Waals surface area contributed by atoms with Crippen LogP contribution in [0.3, 0.4) is 0 Å². The lowest BCUT2D eigenvalue weighted by molar-refractivity contribution is -0.137. The highest BCUT2D eigenvalue weighted by Crippen LogP contribution is 2.44. The summed E-state index contributed by atoms with van der Waals surface area (Å²) in [5.74, 6) is -2.09. The Balaban J connectivity index is 1.93. The minimum atomic E-state index is -4.56. The van der Waals surface area contributed by atoms with E-state index in [4.69, 9.17) is 16.3 Å². The predicted octanol–water partition coefficient (Wildman–Crippen LogP) is 6.69. The second-order valence-electron chi connectivity index (χ2n) is 8.20. The molecular formula is C27H21ClF3NO4. The van der Waals surface area contributed by atoms with E-state index < -0.39 is 35.2 Å². The number of benzene rings is 3. The largest absolute Gasteiger partial charge is 0.507 e. The topological polar surface area (TPSA) is 66.8 Å². The summed E-state index contributed by atoms with van der Waals surface area (Å²) in [5.41, 5.74) is 0.348. The molecular weight excluding hydrogens is 495 g/mol.